The Morgan fingerprint density at radius 1 is 0.250 bits per heavy atom. The van der Waals surface area contributed by atoms with Crippen LogP contribution in [0.15, 0.2) is 203 Å². The summed E-state index contributed by atoms with van der Waals surface area (Å²) in [5, 5.41) is 4.43. The molecular weight excluding hydrogens is 685 g/mol. The van der Waals surface area contributed by atoms with E-state index in [9.17, 15) is 0 Å². The van der Waals surface area contributed by atoms with Crippen LogP contribution in [0.4, 0.5) is 0 Å². The molecule has 0 saturated carbocycles. The van der Waals surface area contributed by atoms with Gasteiger partial charge in [0.15, 0.2) is 5.82 Å². The van der Waals surface area contributed by atoms with Gasteiger partial charge in [-0.05, 0) is 100 Å². The third-order valence-electron chi connectivity index (χ3n) is 10.7. The molecule has 0 spiro atoms. The van der Waals surface area contributed by atoms with Crippen LogP contribution < -0.4 is 0 Å². The summed E-state index contributed by atoms with van der Waals surface area (Å²) in [7, 11) is 0. The van der Waals surface area contributed by atoms with Crippen molar-refractivity contribution >= 4 is 43.9 Å². The predicted octanol–water partition coefficient (Wildman–Crippen LogP) is 14.3. The zero-order valence-electron chi connectivity index (χ0n) is 30.2. The van der Waals surface area contributed by atoms with Gasteiger partial charge in [0.25, 0.3) is 0 Å². The van der Waals surface area contributed by atoms with Gasteiger partial charge in [-0.1, -0.05) is 127 Å². The van der Waals surface area contributed by atoms with Gasteiger partial charge in [0.1, 0.15) is 22.3 Å². The lowest BCUT2D eigenvalue weighted by Gasteiger charge is -2.14. The number of nitrogens with zero attached hydrogens (tertiary/aromatic N) is 2. The Labute approximate surface area is 323 Å². The van der Waals surface area contributed by atoms with Crippen molar-refractivity contribution in [2.75, 3.05) is 0 Å². The topological polar surface area (TPSA) is 52.1 Å². The van der Waals surface area contributed by atoms with Gasteiger partial charge >= 0.3 is 0 Å². The van der Waals surface area contributed by atoms with Gasteiger partial charge in [-0.15, -0.1) is 0 Å². The lowest BCUT2D eigenvalue weighted by molar-refractivity contribution is 0.668. The highest BCUT2D eigenvalue weighted by atomic mass is 16.3. The summed E-state index contributed by atoms with van der Waals surface area (Å²) in [6.07, 6.45) is 0. The molecule has 0 atom stereocenters. The average Bonchev–Trinajstić information content (AvgIpc) is 3.84. The molecule has 0 N–H and O–H groups in total. The normalized spacial score (nSPS) is 11.6. The SMILES string of the molecule is c1ccc(-c2cc(-c3cc(-c4cccc(-c5ccc6oc7ccccc7c6c5)c4)cc(-c4ccc5oc6ccccc6c5c4)c3)nc(-c3ccccc3)n2)cc1. The predicted molar refractivity (Wildman–Crippen MR) is 229 cm³/mol. The van der Waals surface area contributed by atoms with E-state index in [1.807, 2.05) is 60.7 Å². The molecule has 3 aromatic heterocycles. The van der Waals surface area contributed by atoms with Gasteiger partial charge in [0, 0.05) is 38.2 Å². The molecule has 3 heterocycles. The highest BCUT2D eigenvalue weighted by Crippen LogP contribution is 2.39. The van der Waals surface area contributed by atoms with E-state index in [1.165, 1.54) is 0 Å². The van der Waals surface area contributed by atoms with Crippen molar-refractivity contribution < 1.29 is 8.83 Å². The first-order valence-electron chi connectivity index (χ1n) is 18.8. The Kier molecular flexibility index (Phi) is 7.46. The molecular formula is C52H32N2O2. The van der Waals surface area contributed by atoms with Gasteiger partial charge < -0.3 is 8.83 Å². The van der Waals surface area contributed by atoms with Gasteiger partial charge in [-0.2, -0.15) is 0 Å². The number of aromatic nitrogens is 2. The summed E-state index contributed by atoms with van der Waals surface area (Å²) in [5.41, 5.74) is 14.9. The maximum atomic E-state index is 6.22. The van der Waals surface area contributed by atoms with Crippen LogP contribution in [-0.4, -0.2) is 9.97 Å². The summed E-state index contributed by atoms with van der Waals surface area (Å²) in [6.45, 7) is 0. The average molecular weight is 717 g/mol. The molecule has 4 heteroatoms. The van der Waals surface area contributed by atoms with E-state index >= 15 is 0 Å². The number of fused-ring (bicyclic) bond motifs is 6. The van der Waals surface area contributed by atoms with Crippen LogP contribution in [0.2, 0.25) is 0 Å². The van der Waals surface area contributed by atoms with Gasteiger partial charge in [0.05, 0.1) is 11.4 Å². The van der Waals surface area contributed by atoms with Crippen LogP contribution in [-0.2, 0) is 0 Å². The minimum atomic E-state index is 0.685. The van der Waals surface area contributed by atoms with Crippen molar-refractivity contribution in [3.63, 3.8) is 0 Å². The molecule has 0 unspecified atom stereocenters. The van der Waals surface area contributed by atoms with Crippen LogP contribution >= 0.6 is 0 Å². The first-order chi connectivity index (χ1) is 27.7. The van der Waals surface area contributed by atoms with Gasteiger partial charge in [0.2, 0.25) is 0 Å². The second-order valence-corrected chi connectivity index (χ2v) is 14.2. The van der Waals surface area contributed by atoms with E-state index in [0.29, 0.717) is 5.82 Å². The third kappa shape index (κ3) is 5.64. The molecule has 0 aliphatic carbocycles. The van der Waals surface area contributed by atoms with Crippen molar-refractivity contribution in [3.05, 3.63) is 194 Å². The zero-order chi connectivity index (χ0) is 37.0. The molecule has 0 aliphatic heterocycles. The fraction of sp³-hybridized carbons (Fsp3) is 0. The molecule has 0 radical (unpaired) electrons. The largest absolute Gasteiger partial charge is 0.456 e. The molecule has 0 aliphatic rings. The molecule has 11 rings (SSSR count). The smallest absolute Gasteiger partial charge is 0.160 e. The maximum Gasteiger partial charge on any atom is 0.160 e. The summed E-state index contributed by atoms with van der Waals surface area (Å²) < 4.78 is 12.4. The fourth-order valence-corrected chi connectivity index (χ4v) is 7.87. The Bertz CT molecular complexity index is 3190. The number of benzene rings is 8. The summed E-state index contributed by atoms with van der Waals surface area (Å²) in [5.74, 6) is 0.685. The Hall–Kier alpha value is -7.56. The zero-order valence-corrected chi connectivity index (χ0v) is 30.2. The van der Waals surface area contributed by atoms with Crippen LogP contribution in [0, 0.1) is 0 Å². The number of hydrogen-bond acceptors (Lipinski definition) is 4. The molecule has 56 heavy (non-hydrogen) atoms. The van der Waals surface area contributed by atoms with E-state index in [-0.39, 0.29) is 0 Å². The van der Waals surface area contributed by atoms with E-state index < -0.39 is 0 Å². The van der Waals surface area contributed by atoms with Crippen molar-refractivity contribution in [1.82, 2.24) is 9.97 Å². The second-order valence-electron chi connectivity index (χ2n) is 14.2. The molecule has 0 bridgehead atoms. The minimum absolute atomic E-state index is 0.685. The quantitative estimate of drug-likeness (QED) is 0.172. The maximum absolute atomic E-state index is 6.22. The third-order valence-corrected chi connectivity index (χ3v) is 10.7. The van der Waals surface area contributed by atoms with Crippen molar-refractivity contribution in [3.8, 4) is 67.3 Å². The Balaban J connectivity index is 1.11. The van der Waals surface area contributed by atoms with Gasteiger partial charge in [-0.3, -0.25) is 0 Å². The number of hydrogen-bond donors (Lipinski definition) is 0. The Morgan fingerprint density at radius 2 is 0.661 bits per heavy atom. The molecule has 262 valence electrons. The lowest BCUT2D eigenvalue weighted by Crippen LogP contribution is -1.96. The van der Waals surface area contributed by atoms with E-state index in [0.717, 1.165) is 105 Å². The summed E-state index contributed by atoms with van der Waals surface area (Å²) in [4.78, 5) is 10.3. The summed E-state index contributed by atoms with van der Waals surface area (Å²) >= 11 is 0. The van der Waals surface area contributed by atoms with Crippen molar-refractivity contribution in [2.24, 2.45) is 0 Å². The fourth-order valence-electron chi connectivity index (χ4n) is 7.87. The number of rotatable bonds is 6. The highest BCUT2D eigenvalue weighted by Gasteiger charge is 2.16. The van der Waals surface area contributed by atoms with E-state index in [1.54, 1.807) is 0 Å². The monoisotopic (exact) mass is 716 g/mol. The number of para-hydroxylation sites is 2. The molecule has 0 amide bonds. The molecule has 4 nitrogen and oxygen atoms in total. The molecule has 11 aromatic rings. The van der Waals surface area contributed by atoms with Gasteiger partial charge in [-0.25, -0.2) is 9.97 Å². The first-order valence-corrected chi connectivity index (χ1v) is 18.8. The van der Waals surface area contributed by atoms with Crippen LogP contribution in [0.3, 0.4) is 0 Å². The molecule has 0 fully saturated rings. The van der Waals surface area contributed by atoms with Crippen LogP contribution in [0.5, 0.6) is 0 Å². The summed E-state index contributed by atoms with van der Waals surface area (Å²) in [6, 6.07) is 67.6. The molecule has 0 saturated heterocycles. The number of furan rings is 2. The van der Waals surface area contributed by atoms with E-state index in [4.69, 9.17) is 18.8 Å². The van der Waals surface area contributed by atoms with Crippen molar-refractivity contribution in [2.45, 2.75) is 0 Å². The van der Waals surface area contributed by atoms with E-state index in [2.05, 4.69) is 133 Å². The van der Waals surface area contributed by atoms with Crippen LogP contribution in [0.1, 0.15) is 0 Å². The second kappa shape index (κ2) is 13.1. The standard InChI is InChI=1S/C52H32N2O2/c1-3-12-33(13-4-1)46-32-47(54-52(53-46)34-14-5-2-6-15-34)41-28-39(27-40(29-41)38-23-25-51-45(31-38)43-19-8-10-21-49(43)56-51)36-17-11-16-35(26-36)37-22-24-50-44(30-37)42-18-7-9-20-48(42)55-50/h1-32H. The van der Waals surface area contributed by atoms with Crippen molar-refractivity contribution in [1.29, 1.82) is 0 Å². The molecule has 8 aromatic carbocycles. The first kappa shape index (κ1) is 31.9. The van der Waals surface area contributed by atoms with Crippen LogP contribution in [0.25, 0.3) is 111 Å². The minimum Gasteiger partial charge on any atom is -0.456 e. The lowest BCUT2D eigenvalue weighted by atomic mass is 9.92. The highest BCUT2D eigenvalue weighted by molar-refractivity contribution is 6.07. The Morgan fingerprint density at radius 3 is 1.27 bits per heavy atom.